The maximum atomic E-state index is 11.7. The highest BCUT2D eigenvalue weighted by Crippen LogP contribution is 1.89. The van der Waals surface area contributed by atoms with E-state index in [9.17, 15) is 4.39 Å². The number of hydrogen-bond acceptors (Lipinski definition) is 1. The summed E-state index contributed by atoms with van der Waals surface area (Å²) < 4.78 is 16.2. The Morgan fingerprint density at radius 2 is 2.43 bits per heavy atom. The highest BCUT2D eigenvalue weighted by Gasteiger charge is 1.76. The van der Waals surface area contributed by atoms with Crippen molar-refractivity contribution in [2.75, 3.05) is 13.7 Å². The third kappa shape index (κ3) is 5.63. The molecule has 0 aromatic heterocycles. The largest absolute Gasteiger partial charge is 0.381 e. The molecule has 0 saturated carbocycles. The van der Waals surface area contributed by atoms with Gasteiger partial charge in [-0.2, -0.15) is 0 Å². The molecule has 0 radical (unpaired) electrons. The zero-order chi connectivity index (χ0) is 5.70. The van der Waals surface area contributed by atoms with Crippen molar-refractivity contribution in [3.63, 3.8) is 0 Å². The maximum Gasteiger partial charge on any atom is 0.0951 e. The minimum absolute atomic E-state index is 0.193. The Morgan fingerprint density at radius 3 is 2.57 bits per heavy atom. The van der Waals surface area contributed by atoms with Gasteiger partial charge in [0, 0.05) is 7.11 Å². The van der Waals surface area contributed by atoms with E-state index in [4.69, 9.17) is 0 Å². The van der Waals surface area contributed by atoms with Gasteiger partial charge >= 0.3 is 0 Å². The Hall–Kier alpha value is -0.370. The van der Waals surface area contributed by atoms with Crippen molar-refractivity contribution in [2.45, 2.75) is 6.92 Å². The van der Waals surface area contributed by atoms with Gasteiger partial charge in [-0.1, -0.05) is 0 Å². The molecule has 0 N–H and O–H groups in total. The standard InChI is InChI=1S/C5H9FO/c1-5(6)3-4-7-2/h3H,4H2,1-2H3/b5-3+. The van der Waals surface area contributed by atoms with Crippen molar-refractivity contribution in [1.82, 2.24) is 0 Å². The van der Waals surface area contributed by atoms with Crippen LogP contribution in [0.5, 0.6) is 0 Å². The summed E-state index contributed by atoms with van der Waals surface area (Å²) in [5.74, 6) is -0.193. The van der Waals surface area contributed by atoms with Crippen LogP contribution in [0.3, 0.4) is 0 Å². The number of methoxy groups -OCH3 is 1. The lowest BCUT2D eigenvalue weighted by atomic mass is 10.5. The zero-order valence-electron chi connectivity index (χ0n) is 4.57. The van der Waals surface area contributed by atoms with Gasteiger partial charge in [-0.3, -0.25) is 0 Å². The molecule has 0 heterocycles. The topological polar surface area (TPSA) is 9.23 Å². The van der Waals surface area contributed by atoms with E-state index in [1.54, 1.807) is 0 Å². The summed E-state index contributed by atoms with van der Waals surface area (Å²) >= 11 is 0. The van der Waals surface area contributed by atoms with E-state index in [1.165, 1.54) is 20.1 Å². The molecule has 0 spiro atoms. The SMILES string of the molecule is COC/C=C(\C)F. The molecule has 0 saturated heterocycles. The normalized spacial score (nSPS) is 12.1. The molecular formula is C5H9FO. The van der Waals surface area contributed by atoms with E-state index in [1.807, 2.05) is 0 Å². The van der Waals surface area contributed by atoms with Crippen LogP contribution in [0, 0.1) is 0 Å². The number of ether oxygens (including phenoxy) is 1. The van der Waals surface area contributed by atoms with Gasteiger partial charge in [-0.15, -0.1) is 0 Å². The van der Waals surface area contributed by atoms with Gasteiger partial charge in [0.1, 0.15) is 0 Å². The summed E-state index contributed by atoms with van der Waals surface area (Å²) in [6.45, 7) is 1.75. The van der Waals surface area contributed by atoms with Crippen molar-refractivity contribution in [3.05, 3.63) is 11.9 Å². The second kappa shape index (κ2) is 3.81. The number of halogens is 1. The van der Waals surface area contributed by atoms with Gasteiger partial charge < -0.3 is 4.74 Å². The van der Waals surface area contributed by atoms with Crippen LogP contribution in [-0.2, 0) is 4.74 Å². The first-order valence-corrected chi connectivity index (χ1v) is 2.08. The minimum Gasteiger partial charge on any atom is -0.381 e. The first-order chi connectivity index (χ1) is 3.27. The van der Waals surface area contributed by atoms with Gasteiger partial charge in [-0.05, 0) is 13.0 Å². The molecule has 0 aliphatic carbocycles. The van der Waals surface area contributed by atoms with E-state index < -0.39 is 0 Å². The van der Waals surface area contributed by atoms with Gasteiger partial charge in [0.15, 0.2) is 0 Å². The van der Waals surface area contributed by atoms with Crippen LogP contribution >= 0.6 is 0 Å². The molecule has 0 fully saturated rings. The Labute approximate surface area is 42.8 Å². The predicted octanol–water partition coefficient (Wildman–Crippen LogP) is 1.51. The van der Waals surface area contributed by atoms with E-state index in [0.29, 0.717) is 6.61 Å². The van der Waals surface area contributed by atoms with Crippen LogP contribution in [0.2, 0.25) is 0 Å². The number of hydrogen-bond donors (Lipinski definition) is 0. The van der Waals surface area contributed by atoms with E-state index in [2.05, 4.69) is 4.74 Å². The zero-order valence-corrected chi connectivity index (χ0v) is 4.57. The molecule has 0 atom stereocenters. The molecule has 0 rings (SSSR count). The highest BCUT2D eigenvalue weighted by atomic mass is 19.1. The minimum atomic E-state index is -0.193. The van der Waals surface area contributed by atoms with Crippen molar-refractivity contribution in [2.24, 2.45) is 0 Å². The summed E-state index contributed by atoms with van der Waals surface area (Å²) in [4.78, 5) is 0. The first-order valence-electron chi connectivity index (χ1n) is 2.08. The second-order valence-electron chi connectivity index (χ2n) is 1.25. The summed E-state index contributed by atoms with van der Waals surface area (Å²) in [7, 11) is 1.53. The average Bonchev–Trinajstić information content (AvgIpc) is 1.61. The molecule has 7 heavy (non-hydrogen) atoms. The lowest BCUT2D eigenvalue weighted by molar-refractivity contribution is 0.232. The fourth-order valence-corrected chi connectivity index (χ4v) is 0.198. The Kier molecular flexibility index (Phi) is 3.61. The fourth-order valence-electron chi connectivity index (χ4n) is 0.198. The quantitative estimate of drug-likeness (QED) is 0.516. The van der Waals surface area contributed by atoms with Crippen LogP contribution in [0.25, 0.3) is 0 Å². The molecule has 0 aliphatic heterocycles. The van der Waals surface area contributed by atoms with Gasteiger partial charge in [0.05, 0.1) is 12.4 Å². The van der Waals surface area contributed by atoms with Gasteiger partial charge in [0.2, 0.25) is 0 Å². The van der Waals surface area contributed by atoms with Gasteiger partial charge in [-0.25, -0.2) is 4.39 Å². The molecule has 2 heteroatoms. The monoisotopic (exact) mass is 104 g/mol. The predicted molar refractivity (Wildman–Crippen MR) is 26.7 cm³/mol. The van der Waals surface area contributed by atoms with E-state index in [-0.39, 0.29) is 5.83 Å². The van der Waals surface area contributed by atoms with Crippen molar-refractivity contribution >= 4 is 0 Å². The average molecular weight is 104 g/mol. The van der Waals surface area contributed by atoms with E-state index >= 15 is 0 Å². The number of rotatable bonds is 2. The van der Waals surface area contributed by atoms with Gasteiger partial charge in [0.25, 0.3) is 0 Å². The lowest BCUT2D eigenvalue weighted by Crippen LogP contribution is -1.80. The molecule has 1 nitrogen and oxygen atoms in total. The molecule has 0 amide bonds. The Morgan fingerprint density at radius 1 is 1.86 bits per heavy atom. The van der Waals surface area contributed by atoms with Crippen LogP contribution in [-0.4, -0.2) is 13.7 Å². The second-order valence-corrected chi connectivity index (χ2v) is 1.25. The third-order valence-electron chi connectivity index (χ3n) is 0.531. The Bertz CT molecular complexity index is 64.5. The van der Waals surface area contributed by atoms with Crippen LogP contribution < -0.4 is 0 Å². The maximum absolute atomic E-state index is 11.7. The third-order valence-corrected chi connectivity index (χ3v) is 0.531. The Balaban J connectivity index is 3.08. The molecule has 0 aromatic carbocycles. The van der Waals surface area contributed by atoms with Crippen molar-refractivity contribution in [3.8, 4) is 0 Å². The lowest BCUT2D eigenvalue weighted by Gasteiger charge is -1.85. The number of allylic oxidation sites excluding steroid dienone is 1. The smallest absolute Gasteiger partial charge is 0.0951 e. The summed E-state index contributed by atoms with van der Waals surface area (Å²) in [6.07, 6.45) is 1.38. The van der Waals surface area contributed by atoms with Crippen LogP contribution in [0.4, 0.5) is 4.39 Å². The first kappa shape index (κ1) is 6.63. The van der Waals surface area contributed by atoms with Crippen LogP contribution in [0.1, 0.15) is 6.92 Å². The molecule has 0 aliphatic rings. The fraction of sp³-hybridized carbons (Fsp3) is 0.600. The highest BCUT2D eigenvalue weighted by molar-refractivity contribution is 4.85. The molecule has 0 unspecified atom stereocenters. The summed E-state index contributed by atoms with van der Waals surface area (Å²) in [5, 5.41) is 0. The van der Waals surface area contributed by atoms with Crippen molar-refractivity contribution < 1.29 is 9.13 Å². The van der Waals surface area contributed by atoms with Crippen LogP contribution in [0.15, 0.2) is 11.9 Å². The summed E-state index contributed by atoms with van der Waals surface area (Å²) in [5.41, 5.74) is 0. The molecule has 0 bridgehead atoms. The van der Waals surface area contributed by atoms with E-state index in [0.717, 1.165) is 0 Å². The van der Waals surface area contributed by atoms with Crippen molar-refractivity contribution in [1.29, 1.82) is 0 Å². The summed E-state index contributed by atoms with van der Waals surface area (Å²) in [6, 6.07) is 0. The molecular weight excluding hydrogens is 95.1 g/mol. The molecule has 42 valence electrons. The molecule has 0 aromatic rings.